The molecule has 1 atom stereocenters. The molecule has 138 valence electrons. The zero-order valence-corrected chi connectivity index (χ0v) is 16.4. The van der Waals surface area contributed by atoms with Gasteiger partial charge in [-0.05, 0) is 37.1 Å². The number of aryl methyl sites for hydroxylation is 1. The molecule has 0 aliphatic carbocycles. The van der Waals surface area contributed by atoms with Crippen molar-refractivity contribution >= 4 is 23.6 Å². The molecule has 26 heavy (non-hydrogen) atoms. The molecule has 0 aromatic heterocycles. The molecule has 2 rings (SSSR count). The summed E-state index contributed by atoms with van der Waals surface area (Å²) in [5, 5.41) is 2.64. The number of carbonyl (C=O) groups excluding carboxylic acids is 2. The number of carbonyl (C=O) groups is 2. The van der Waals surface area contributed by atoms with E-state index >= 15 is 0 Å². The summed E-state index contributed by atoms with van der Waals surface area (Å²) in [4.78, 5) is 27.8. The predicted molar refractivity (Wildman–Crippen MR) is 107 cm³/mol. The quantitative estimate of drug-likeness (QED) is 0.722. The van der Waals surface area contributed by atoms with E-state index in [9.17, 15) is 9.59 Å². The van der Waals surface area contributed by atoms with Crippen molar-refractivity contribution in [3.63, 3.8) is 0 Å². The van der Waals surface area contributed by atoms with Crippen LogP contribution in [0, 0.1) is 6.92 Å². The number of rotatable bonds is 8. The largest absolute Gasteiger partial charge is 0.357 e. The molecule has 0 saturated carbocycles. The Bertz CT molecular complexity index is 734. The second-order valence-corrected chi connectivity index (χ2v) is 7.32. The first-order valence-corrected chi connectivity index (χ1v) is 9.75. The lowest BCUT2D eigenvalue weighted by Gasteiger charge is -2.29. The fourth-order valence-electron chi connectivity index (χ4n) is 2.68. The fraction of sp³-hybridized carbons (Fsp3) is 0.333. The SMILES string of the molecule is CNC(=O)C(C)N(Cc1ccccc1C)C(=O)CCSc1ccccc1. The van der Waals surface area contributed by atoms with Crippen LogP contribution in [-0.4, -0.2) is 35.6 Å². The summed E-state index contributed by atoms with van der Waals surface area (Å²) < 4.78 is 0. The molecule has 0 aliphatic heterocycles. The second-order valence-electron chi connectivity index (χ2n) is 6.15. The molecule has 1 unspecified atom stereocenters. The summed E-state index contributed by atoms with van der Waals surface area (Å²) in [6.07, 6.45) is 0.396. The van der Waals surface area contributed by atoms with Gasteiger partial charge in [0, 0.05) is 30.7 Å². The van der Waals surface area contributed by atoms with Crippen molar-refractivity contribution in [2.75, 3.05) is 12.8 Å². The van der Waals surface area contributed by atoms with Crippen LogP contribution in [0.15, 0.2) is 59.5 Å². The van der Waals surface area contributed by atoms with Gasteiger partial charge < -0.3 is 10.2 Å². The van der Waals surface area contributed by atoms with E-state index in [1.165, 1.54) is 0 Å². The van der Waals surface area contributed by atoms with Crippen LogP contribution in [0.5, 0.6) is 0 Å². The molecule has 0 saturated heterocycles. The van der Waals surface area contributed by atoms with E-state index in [0.29, 0.717) is 18.7 Å². The molecule has 0 radical (unpaired) electrons. The second kappa shape index (κ2) is 10.0. The Morgan fingerprint density at radius 1 is 1.08 bits per heavy atom. The highest BCUT2D eigenvalue weighted by Crippen LogP contribution is 2.20. The highest BCUT2D eigenvalue weighted by atomic mass is 32.2. The van der Waals surface area contributed by atoms with Crippen LogP contribution in [0.1, 0.15) is 24.5 Å². The van der Waals surface area contributed by atoms with Crippen molar-refractivity contribution < 1.29 is 9.59 Å². The van der Waals surface area contributed by atoms with E-state index in [1.807, 2.05) is 61.5 Å². The number of hydrogen-bond acceptors (Lipinski definition) is 3. The van der Waals surface area contributed by atoms with E-state index in [1.54, 1.807) is 30.6 Å². The molecule has 0 aliphatic rings. The highest BCUT2D eigenvalue weighted by molar-refractivity contribution is 7.99. The molecule has 0 spiro atoms. The van der Waals surface area contributed by atoms with Crippen molar-refractivity contribution in [3.8, 4) is 0 Å². The maximum Gasteiger partial charge on any atom is 0.242 e. The van der Waals surface area contributed by atoms with Crippen LogP contribution in [0.4, 0.5) is 0 Å². The van der Waals surface area contributed by atoms with Crippen molar-refractivity contribution in [2.45, 2.75) is 37.8 Å². The van der Waals surface area contributed by atoms with Gasteiger partial charge in [-0.3, -0.25) is 9.59 Å². The maximum absolute atomic E-state index is 12.8. The molecule has 4 nitrogen and oxygen atoms in total. The van der Waals surface area contributed by atoms with Gasteiger partial charge in [0.25, 0.3) is 0 Å². The molecule has 0 heterocycles. The lowest BCUT2D eigenvalue weighted by molar-refractivity contribution is -0.140. The first-order chi connectivity index (χ1) is 12.5. The van der Waals surface area contributed by atoms with Crippen molar-refractivity contribution in [2.24, 2.45) is 0 Å². The lowest BCUT2D eigenvalue weighted by Crippen LogP contribution is -2.46. The zero-order valence-electron chi connectivity index (χ0n) is 15.6. The Balaban J connectivity index is 2.05. The number of benzene rings is 2. The molecule has 1 N–H and O–H groups in total. The third-order valence-electron chi connectivity index (χ3n) is 4.34. The number of likely N-dealkylation sites (N-methyl/N-ethyl adjacent to an activating group) is 1. The van der Waals surface area contributed by atoms with E-state index in [4.69, 9.17) is 0 Å². The zero-order chi connectivity index (χ0) is 18.9. The average Bonchev–Trinajstić information content (AvgIpc) is 2.67. The first kappa shape index (κ1) is 20.0. The number of amides is 2. The highest BCUT2D eigenvalue weighted by Gasteiger charge is 2.25. The number of nitrogens with zero attached hydrogens (tertiary/aromatic N) is 1. The molecule has 2 aromatic rings. The Labute approximate surface area is 160 Å². The van der Waals surface area contributed by atoms with Crippen LogP contribution in [0.3, 0.4) is 0 Å². The normalized spacial score (nSPS) is 11.7. The van der Waals surface area contributed by atoms with Gasteiger partial charge in [0.15, 0.2) is 0 Å². The Kier molecular flexibility index (Phi) is 7.73. The van der Waals surface area contributed by atoms with E-state index in [0.717, 1.165) is 16.0 Å². The fourth-order valence-corrected chi connectivity index (χ4v) is 3.54. The predicted octanol–water partition coefficient (Wildman–Crippen LogP) is 3.64. The number of thioether (sulfide) groups is 1. The van der Waals surface area contributed by atoms with Gasteiger partial charge in [-0.25, -0.2) is 0 Å². The van der Waals surface area contributed by atoms with Gasteiger partial charge >= 0.3 is 0 Å². The third-order valence-corrected chi connectivity index (χ3v) is 5.36. The Morgan fingerprint density at radius 2 is 1.73 bits per heavy atom. The van der Waals surface area contributed by atoms with Crippen LogP contribution in [0.2, 0.25) is 0 Å². The van der Waals surface area contributed by atoms with Gasteiger partial charge in [0.05, 0.1) is 0 Å². The van der Waals surface area contributed by atoms with Crippen LogP contribution >= 0.6 is 11.8 Å². The molecule has 2 amide bonds. The van der Waals surface area contributed by atoms with E-state index in [-0.39, 0.29) is 11.8 Å². The monoisotopic (exact) mass is 370 g/mol. The van der Waals surface area contributed by atoms with Crippen LogP contribution in [0.25, 0.3) is 0 Å². The molecular formula is C21H26N2O2S. The standard InChI is InChI=1S/C21H26N2O2S/c1-16-9-7-8-10-18(16)15-23(17(2)21(25)22-3)20(24)13-14-26-19-11-5-4-6-12-19/h4-12,17H,13-15H2,1-3H3,(H,22,25). The summed E-state index contributed by atoms with van der Waals surface area (Å²) in [5.41, 5.74) is 2.18. The lowest BCUT2D eigenvalue weighted by atomic mass is 10.1. The van der Waals surface area contributed by atoms with Gasteiger partial charge in [0.2, 0.25) is 11.8 Å². The minimum atomic E-state index is -0.506. The minimum absolute atomic E-state index is 0.00668. The van der Waals surface area contributed by atoms with Crippen molar-refractivity contribution in [1.82, 2.24) is 10.2 Å². The number of nitrogens with one attached hydrogen (secondary N) is 1. The summed E-state index contributed by atoms with van der Waals surface area (Å²) in [6, 6.07) is 17.5. The van der Waals surface area contributed by atoms with Crippen LogP contribution in [-0.2, 0) is 16.1 Å². The molecule has 5 heteroatoms. The third kappa shape index (κ3) is 5.63. The summed E-state index contributed by atoms with van der Waals surface area (Å²) >= 11 is 1.65. The molecule has 0 fully saturated rings. The van der Waals surface area contributed by atoms with Crippen LogP contribution < -0.4 is 5.32 Å². The molecule has 2 aromatic carbocycles. The first-order valence-electron chi connectivity index (χ1n) is 8.76. The van der Waals surface area contributed by atoms with E-state index < -0.39 is 6.04 Å². The van der Waals surface area contributed by atoms with Gasteiger partial charge in [-0.2, -0.15) is 0 Å². The van der Waals surface area contributed by atoms with Gasteiger partial charge in [0.1, 0.15) is 6.04 Å². The van der Waals surface area contributed by atoms with Crippen molar-refractivity contribution in [3.05, 3.63) is 65.7 Å². The summed E-state index contributed by atoms with van der Waals surface area (Å²) in [7, 11) is 1.60. The Morgan fingerprint density at radius 3 is 2.38 bits per heavy atom. The average molecular weight is 371 g/mol. The Hall–Kier alpha value is -2.27. The van der Waals surface area contributed by atoms with Gasteiger partial charge in [-0.15, -0.1) is 11.8 Å². The summed E-state index contributed by atoms with van der Waals surface area (Å²) in [6.45, 7) is 4.24. The number of hydrogen-bond donors (Lipinski definition) is 1. The minimum Gasteiger partial charge on any atom is -0.357 e. The topological polar surface area (TPSA) is 49.4 Å². The maximum atomic E-state index is 12.8. The van der Waals surface area contributed by atoms with Crippen molar-refractivity contribution in [1.29, 1.82) is 0 Å². The van der Waals surface area contributed by atoms with E-state index in [2.05, 4.69) is 5.32 Å². The summed E-state index contributed by atoms with van der Waals surface area (Å²) in [5.74, 6) is 0.531. The smallest absolute Gasteiger partial charge is 0.242 e. The van der Waals surface area contributed by atoms with Gasteiger partial charge in [-0.1, -0.05) is 42.5 Å². The molecule has 0 bridgehead atoms. The molecular weight excluding hydrogens is 344 g/mol.